The van der Waals surface area contributed by atoms with Crippen molar-refractivity contribution >= 4 is 21.4 Å². The first kappa shape index (κ1) is 14.3. The summed E-state index contributed by atoms with van der Waals surface area (Å²) in [6, 6.07) is 18.7. The molecule has 0 aliphatic carbocycles. The molecule has 3 heteroatoms. The fourth-order valence-electron chi connectivity index (χ4n) is 2.50. The van der Waals surface area contributed by atoms with Gasteiger partial charge < -0.3 is 10.5 Å². The lowest BCUT2D eigenvalue weighted by molar-refractivity contribution is 0.0530. The number of ether oxygens (including phenoxy) is 1. The second-order valence-corrected chi connectivity index (χ2v) is 6.20. The Hall–Kier alpha value is -1.68. The summed E-state index contributed by atoms with van der Waals surface area (Å²) in [6.45, 7) is 3.26. The van der Waals surface area contributed by atoms with Crippen LogP contribution in [0.4, 0.5) is 0 Å². The van der Waals surface area contributed by atoms with Gasteiger partial charge in [0.05, 0.1) is 12.7 Å². The van der Waals surface area contributed by atoms with E-state index in [4.69, 9.17) is 10.5 Å². The van der Waals surface area contributed by atoms with E-state index >= 15 is 0 Å². The molecule has 3 rings (SSSR count). The van der Waals surface area contributed by atoms with Gasteiger partial charge in [0.2, 0.25) is 0 Å². The van der Waals surface area contributed by atoms with Gasteiger partial charge in [0.1, 0.15) is 0 Å². The molecule has 0 saturated carbocycles. The molecule has 0 fully saturated rings. The third kappa shape index (κ3) is 3.00. The van der Waals surface area contributed by atoms with Crippen molar-refractivity contribution in [2.75, 3.05) is 0 Å². The average molecular weight is 297 g/mol. The van der Waals surface area contributed by atoms with Gasteiger partial charge in [-0.15, -0.1) is 11.3 Å². The summed E-state index contributed by atoms with van der Waals surface area (Å²) in [7, 11) is 0. The predicted octanol–water partition coefficient (Wildman–Crippen LogP) is 4.64. The molecule has 0 aliphatic rings. The van der Waals surface area contributed by atoms with Crippen molar-refractivity contribution in [3.63, 3.8) is 0 Å². The van der Waals surface area contributed by atoms with Crippen molar-refractivity contribution in [3.05, 3.63) is 70.6 Å². The van der Waals surface area contributed by atoms with Crippen LogP contribution in [0.3, 0.4) is 0 Å². The van der Waals surface area contributed by atoms with Gasteiger partial charge in [0.25, 0.3) is 0 Å². The second-order valence-electron chi connectivity index (χ2n) is 5.07. The van der Waals surface area contributed by atoms with Gasteiger partial charge in [-0.1, -0.05) is 48.5 Å². The zero-order valence-electron chi connectivity index (χ0n) is 12.1. The van der Waals surface area contributed by atoms with E-state index in [1.807, 2.05) is 18.2 Å². The Balaban J connectivity index is 1.82. The van der Waals surface area contributed by atoms with Gasteiger partial charge in [0, 0.05) is 21.7 Å². The number of hydrogen-bond acceptors (Lipinski definition) is 3. The first-order chi connectivity index (χ1) is 10.3. The van der Waals surface area contributed by atoms with Gasteiger partial charge in [0.15, 0.2) is 0 Å². The Morgan fingerprint density at radius 2 is 1.76 bits per heavy atom. The average Bonchev–Trinajstić information content (AvgIpc) is 2.91. The van der Waals surface area contributed by atoms with E-state index in [2.05, 4.69) is 43.3 Å². The molecular formula is C18H19NOS. The quantitative estimate of drug-likeness (QED) is 0.744. The summed E-state index contributed by atoms with van der Waals surface area (Å²) in [5.74, 6) is 0. The number of nitrogens with two attached hydrogens (primary N) is 1. The minimum Gasteiger partial charge on any atom is -0.369 e. The Bertz CT molecular complexity index is 720. The highest BCUT2D eigenvalue weighted by atomic mass is 32.1. The summed E-state index contributed by atoms with van der Waals surface area (Å²) in [5.41, 5.74) is 8.32. The van der Waals surface area contributed by atoms with Crippen LogP contribution < -0.4 is 5.73 Å². The smallest absolute Gasteiger partial charge is 0.0801 e. The molecule has 108 valence electrons. The Morgan fingerprint density at radius 3 is 2.52 bits per heavy atom. The zero-order chi connectivity index (χ0) is 14.7. The third-order valence-corrected chi connectivity index (χ3v) is 4.95. The van der Waals surface area contributed by atoms with Crippen LogP contribution >= 0.6 is 11.3 Å². The van der Waals surface area contributed by atoms with Crippen LogP contribution in [0.2, 0.25) is 0 Å². The van der Waals surface area contributed by atoms with E-state index in [1.54, 1.807) is 11.3 Å². The minimum absolute atomic E-state index is 0.0792. The highest BCUT2D eigenvalue weighted by Crippen LogP contribution is 2.32. The summed E-state index contributed by atoms with van der Waals surface area (Å²) < 4.78 is 7.36. The largest absolute Gasteiger partial charge is 0.369 e. The molecule has 0 saturated heterocycles. The zero-order valence-corrected chi connectivity index (χ0v) is 12.9. The van der Waals surface area contributed by atoms with Crippen LogP contribution in [-0.4, -0.2) is 0 Å². The molecule has 0 amide bonds. The molecule has 2 nitrogen and oxygen atoms in total. The molecule has 1 unspecified atom stereocenters. The van der Waals surface area contributed by atoms with E-state index in [1.165, 1.54) is 26.1 Å². The Morgan fingerprint density at radius 1 is 1.05 bits per heavy atom. The van der Waals surface area contributed by atoms with E-state index in [-0.39, 0.29) is 6.10 Å². The van der Waals surface area contributed by atoms with Crippen LogP contribution in [-0.2, 0) is 17.9 Å². The molecule has 0 bridgehead atoms. The molecule has 0 aliphatic heterocycles. The molecule has 2 N–H and O–H groups in total. The maximum atomic E-state index is 6.07. The molecule has 21 heavy (non-hydrogen) atoms. The lowest BCUT2D eigenvalue weighted by atomic mass is 10.1. The maximum absolute atomic E-state index is 6.07. The van der Waals surface area contributed by atoms with Gasteiger partial charge in [-0.3, -0.25) is 0 Å². The summed E-state index contributed by atoms with van der Waals surface area (Å²) in [4.78, 5) is 1.22. The number of fused-ring (bicyclic) bond motifs is 1. The van der Waals surface area contributed by atoms with E-state index in [0.29, 0.717) is 13.2 Å². The molecule has 2 aromatic carbocycles. The molecule has 0 spiro atoms. The van der Waals surface area contributed by atoms with Crippen molar-refractivity contribution in [2.24, 2.45) is 5.73 Å². The monoisotopic (exact) mass is 297 g/mol. The number of thiophene rings is 1. The standard InChI is InChI=1S/C18H19NOS/c1-13(14-7-3-2-4-8-14)20-12-16-15-9-5-6-10-17(15)21-18(16)11-19/h2-10,13H,11-12,19H2,1H3. The first-order valence-corrected chi connectivity index (χ1v) is 7.97. The van der Waals surface area contributed by atoms with Gasteiger partial charge >= 0.3 is 0 Å². The minimum atomic E-state index is 0.0792. The molecule has 3 aromatic rings. The molecule has 0 radical (unpaired) electrons. The fraction of sp³-hybridized carbons (Fsp3) is 0.222. The van der Waals surface area contributed by atoms with Crippen LogP contribution in [0.1, 0.15) is 29.0 Å². The van der Waals surface area contributed by atoms with E-state index in [9.17, 15) is 0 Å². The summed E-state index contributed by atoms with van der Waals surface area (Å²) in [5, 5.41) is 1.27. The van der Waals surface area contributed by atoms with Crippen molar-refractivity contribution < 1.29 is 4.74 Å². The van der Waals surface area contributed by atoms with E-state index in [0.717, 1.165) is 0 Å². The molecule has 1 heterocycles. The third-order valence-electron chi connectivity index (χ3n) is 3.71. The highest BCUT2D eigenvalue weighted by molar-refractivity contribution is 7.19. The lowest BCUT2D eigenvalue weighted by Crippen LogP contribution is -2.03. The van der Waals surface area contributed by atoms with Crippen LogP contribution in [0.15, 0.2) is 54.6 Å². The lowest BCUT2D eigenvalue weighted by Gasteiger charge is -2.14. The van der Waals surface area contributed by atoms with Crippen LogP contribution in [0.25, 0.3) is 10.1 Å². The van der Waals surface area contributed by atoms with Crippen molar-refractivity contribution in [1.29, 1.82) is 0 Å². The molecule has 1 atom stereocenters. The predicted molar refractivity (Wildman–Crippen MR) is 89.4 cm³/mol. The van der Waals surface area contributed by atoms with Crippen molar-refractivity contribution in [1.82, 2.24) is 0 Å². The molecule has 1 aromatic heterocycles. The molecular weight excluding hydrogens is 278 g/mol. The van der Waals surface area contributed by atoms with Crippen LogP contribution in [0.5, 0.6) is 0 Å². The van der Waals surface area contributed by atoms with Crippen LogP contribution in [0, 0.1) is 0 Å². The SMILES string of the molecule is CC(OCc1c(CN)sc2ccccc12)c1ccccc1. The number of rotatable bonds is 5. The highest BCUT2D eigenvalue weighted by Gasteiger charge is 2.13. The van der Waals surface area contributed by atoms with Crippen molar-refractivity contribution in [2.45, 2.75) is 26.2 Å². The maximum Gasteiger partial charge on any atom is 0.0801 e. The normalized spacial score (nSPS) is 12.7. The Kier molecular flexibility index (Phi) is 4.34. The fourth-order valence-corrected chi connectivity index (χ4v) is 3.59. The van der Waals surface area contributed by atoms with E-state index < -0.39 is 0 Å². The number of hydrogen-bond donors (Lipinski definition) is 1. The van der Waals surface area contributed by atoms with Gasteiger partial charge in [-0.25, -0.2) is 0 Å². The second kappa shape index (κ2) is 6.39. The summed E-state index contributed by atoms with van der Waals surface area (Å²) in [6.07, 6.45) is 0.0792. The van der Waals surface area contributed by atoms with Gasteiger partial charge in [-0.2, -0.15) is 0 Å². The Labute approximate surface area is 129 Å². The van der Waals surface area contributed by atoms with Crippen molar-refractivity contribution in [3.8, 4) is 0 Å². The number of benzene rings is 2. The topological polar surface area (TPSA) is 35.2 Å². The van der Waals surface area contributed by atoms with Gasteiger partial charge in [-0.05, 0) is 23.9 Å². The summed E-state index contributed by atoms with van der Waals surface area (Å²) >= 11 is 1.77. The first-order valence-electron chi connectivity index (χ1n) is 7.15.